The molecule has 1 aromatic rings. The number of carbonyl (C=O) groups is 1. The first kappa shape index (κ1) is 13.7. The van der Waals surface area contributed by atoms with Crippen molar-refractivity contribution >= 4 is 11.6 Å². The Labute approximate surface area is 104 Å². The van der Waals surface area contributed by atoms with Gasteiger partial charge in [0.05, 0.1) is 0 Å². The Morgan fingerprint density at radius 3 is 2.41 bits per heavy atom. The van der Waals surface area contributed by atoms with Crippen molar-refractivity contribution < 1.29 is 4.79 Å². The van der Waals surface area contributed by atoms with Gasteiger partial charge in [-0.1, -0.05) is 26.0 Å². The molecule has 0 aliphatic carbocycles. The number of rotatable bonds is 6. The van der Waals surface area contributed by atoms with E-state index >= 15 is 0 Å². The van der Waals surface area contributed by atoms with Gasteiger partial charge in [0.2, 0.25) is 5.91 Å². The number of carbonyl (C=O) groups excluding carboxylic acids is 1. The van der Waals surface area contributed by atoms with Gasteiger partial charge in [-0.25, -0.2) is 0 Å². The molecule has 0 heterocycles. The lowest BCUT2D eigenvalue weighted by atomic mass is 10.1. The molecule has 17 heavy (non-hydrogen) atoms. The fourth-order valence-corrected chi connectivity index (χ4v) is 1.55. The highest BCUT2D eigenvalue weighted by atomic mass is 16.1. The van der Waals surface area contributed by atoms with E-state index in [0.29, 0.717) is 12.3 Å². The smallest absolute Gasteiger partial charge is 0.224 e. The van der Waals surface area contributed by atoms with Crippen molar-refractivity contribution in [2.24, 2.45) is 5.92 Å². The van der Waals surface area contributed by atoms with Crippen LogP contribution in [0.3, 0.4) is 0 Å². The Hall–Kier alpha value is -1.35. The molecule has 0 aliphatic heterocycles. The van der Waals surface area contributed by atoms with Gasteiger partial charge in [-0.2, -0.15) is 0 Å². The highest BCUT2D eigenvalue weighted by molar-refractivity contribution is 5.90. The monoisotopic (exact) mass is 234 g/mol. The maximum Gasteiger partial charge on any atom is 0.224 e. The Morgan fingerprint density at radius 1 is 1.24 bits per heavy atom. The molecule has 0 fully saturated rings. The first-order valence-electron chi connectivity index (χ1n) is 6.15. The number of hydrogen-bond acceptors (Lipinski definition) is 2. The minimum Gasteiger partial charge on any atom is -0.326 e. The summed E-state index contributed by atoms with van der Waals surface area (Å²) in [7, 11) is 1.92. The number of hydrogen-bond donors (Lipinski definition) is 2. The number of amides is 1. The second kappa shape index (κ2) is 7.07. The van der Waals surface area contributed by atoms with Crippen LogP contribution in [0.25, 0.3) is 0 Å². The molecule has 0 unspecified atom stereocenters. The molecular formula is C14H22N2O. The normalized spacial score (nSPS) is 10.6. The molecule has 0 radical (unpaired) electrons. The summed E-state index contributed by atoms with van der Waals surface area (Å²) in [5.74, 6) is 0.666. The van der Waals surface area contributed by atoms with E-state index in [1.807, 2.05) is 31.3 Å². The molecule has 0 aliphatic rings. The van der Waals surface area contributed by atoms with Crippen LogP contribution in [-0.4, -0.2) is 13.0 Å². The first-order chi connectivity index (χ1) is 8.11. The van der Waals surface area contributed by atoms with Gasteiger partial charge in [-0.3, -0.25) is 4.79 Å². The molecule has 0 aromatic heterocycles. The molecule has 0 bridgehead atoms. The quantitative estimate of drug-likeness (QED) is 0.794. The molecule has 1 amide bonds. The minimum atomic E-state index is 0.0973. The highest BCUT2D eigenvalue weighted by Gasteiger charge is 2.03. The van der Waals surface area contributed by atoms with Crippen LogP contribution in [0.2, 0.25) is 0 Å². The van der Waals surface area contributed by atoms with E-state index in [0.717, 1.165) is 18.7 Å². The van der Waals surface area contributed by atoms with Crippen molar-refractivity contribution in [2.45, 2.75) is 33.2 Å². The predicted octanol–water partition coefficient (Wildman–Crippen LogP) is 2.78. The largest absolute Gasteiger partial charge is 0.326 e. The van der Waals surface area contributed by atoms with Gasteiger partial charge in [-0.15, -0.1) is 0 Å². The van der Waals surface area contributed by atoms with Crippen LogP contribution in [0, 0.1) is 5.92 Å². The number of nitrogens with one attached hydrogen (secondary N) is 2. The maximum absolute atomic E-state index is 11.6. The van der Waals surface area contributed by atoms with Crippen molar-refractivity contribution in [2.75, 3.05) is 12.4 Å². The van der Waals surface area contributed by atoms with Crippen LogP contribution in [0.1, 0.15) is 32.3 Å². The van der Waals surface area contributed by atoms with Crippen molar-refractivity contribution in [3.05, 3.63) is 29.8 Å². The summed E-state index contributed by atoms with van der Waals surface area (Å²) >= 11 is 0. The summed E-state index contributed by atoms with van der Waals surface area (Å²) in [6, 6.07) is 7.93. The van der Waals surface area contributed by atoms with Crippen molar-refractivity contribution in [3.8, 4) is 0 Å². The Balaban J connectivity index is 2.43. The topological polar surface area (TPSA) is 41.1 Å². The lowest BCUT2D eigenvalue weighted by molar-refractivity contribution is -0.116. The van der Waals surface area contributed by atoms with E-state index in [-0.39, 0.29) is 5.91 Å². The SMILES string of the molecule is CNCc1ccc(NC(=O)CCC(C)C)cc1. The number of anilines is 1. The van der Waals surface area contributed by atoms with E-state index in [1.165, 1.54) is 5.56 Å². The average Bonchev–Trinajstić information content (AvgIpc) is 2.29. The molecule has 0 spiro atoms. The maximum atomic E-state index is 11.6. The Morgan fingerprint density at radius 2 is 1.88 bits per heavy atom. The van der Waals surface area contributed by atoms with E-state index in [1.54, 1.807) is 0 Å². The van der Waals surface area contributed by atoms with Crippen LogP contribution >= 0.6 is 0 Å². The molecule has 1 aromatic carbocycles. The third kappa shape index (κ3) is 5.50. The van der Waals surface area contributed by atoms with Crippen LogP contribution in [0.5, 0.6) is 0 Å². The van der Waals surface area contributed by atoms with Crippen LogP contribution in [0.15, 0.2) is 24.3 Å². The van der Waals surface area contributed by atoms with Gasteiger partial charge in [0.25, 0.3) is 0 Å². The molecule has 0 saturated carbocycles. The van der Waals surface area contributed by atoms with Crippen molar-refractivity contribution in [1.82, 2.24) is 5.32 Å². The standard InChI is InChI=1S/C14H22N2O/c1-11(2)4-9-14(17)16-13-7-5-12(6-8-13)10-15-3/h5-8,11,15H,4,9-10H2,1-3H3,(H,16,17). The summed E-state index contributed by atoms with van der Waals surface area (Å²) in [6.07, 6.45) is 1.53. The fraction of sp³-hybridized carbons (Fsp3) is 0.500. The first-order valence-corrected chi connectivity index (χ1v) is 6.15. The van der Waals surface area contributed by atoms with Gasteiger partial charge in [0.15, 0.2) is 0 Å². The molecule has 2 N–H and O–H groups in total. The summed E-state index contributed by atoms with van der Waals surface area (Å²) in [4.78, 5) is 11.6. The van der Waals surface area contributed by atoms with Gasteiger partial charge in [0, 0.05) is 18.7 Å². The lowest BCUT2D eigenvalue weighted by Crippen LogP contribution is -2.12. The number of benzene rings is 1. The molecule has 94 valence electrons. The molecular weight excluding hydrogens is 212 g/mol. The van der Waals surface area contributed by atoms with Crippen LogP contribution in [-0.2, 0) is 11.3 Å². The zero-order valence-electron chi connectivity index (χ0n) is 10.9. The van der Waals surface area contributed by atoms with Crippen molar-refractivity contribution in [3.63, 3.8) is 0 Å². The highest BCUT2D eigenvalue weighted by Crippen LogP contribution is 2.11. The van der Waals surface area contributed by atoms with Gasteiger partial charge in [0.1, 0.15) is 0 Å². The fourth-order valence-electron chi connectivity index (χ4n) is 1.55. The van der Waals surface area contributed by atoms with E-state index in [2.05, 4.69) is 24.5 Å². The summed E-state index contributed by atoms with van der Waals surface area (Å²) < 4.78 is 0. The van der Waals surface area contributed by atoms with Gasteiger partial charge < -0.3 is 10.6 Å². The molecule has 1 rings (SSSR count). The molecule has 3 nitrogen and oxygen atoms in total. The third-order valence-corrected chi connectivity index (χ3v) is 2.57. The van der Waals surface area contributed by atoms with Crippen LogP contribution in [0.4, 0.5) is 5.69 Å². The molecule has 3 heteroatoms. The summed E-state index contributed by atoms with van der Waals surface area (Å²) in [6.45, 7) is 5.10. The zero-order valence-corrected chi connectivity index (χ0v) is 10.9. The zero-order chi connectivity index (χ0) is 12.7. The van der Waals surface area contributed by atoms with E-state index < -0.39 is 0 Å². The third-order valence-electron chi connectivity index (χ3n) is 2.57. The average molecular weight is 234 g/mol. The van der Waals surface area contributed by atoms with Crippen molar-refractivity contribution in [1.29, 1.82) is 0 Å². The van der Waals surface area contributed by atoms with Gasteiger partial charge in [-0.05, 0) is 37.1 Å². The lowest BCUT2D eigenvalue weighted by Gasteiger charge is -2.07. The summed E-state index contributed by atoms with van der Waals surface area (Å²) in [5.41, 5.74) is 2.09. The second-order valence-electron chi connectivity index (χ2n) is 4.71. The van der Waals surface area contributed by atoms with Gasteiger partial charge >= 0.3 is 0 Å². The van der Waals surface area contributed by atoms with E-state index in [9.17, 15) is 4.79 Å². The predicted molar refractivity (Wildman–Crippen MR) is 71.9 cm³/mol. The molecule has 0 saturated heterocycles. The Kier molecular flexibility index (Phi) is 5.70. The minimum absolute atomic E-state index is 0.0973. The summed E-state index contributed by atoms with van der Waals surface area (Å²) in [5, 5.41) is 6.00. The van der Waals surface area contributed by atoms with E-state index in [4.69, 9.17) is 0 Å². The van der Waals surface area contributed by atoms with Crippen LogP contribution < -0.4 is 10.6 Å². The Bertz CT molecular complexity index is 344. The molecule has 0 atom stereocenters. The second-order valence-corrected chi connectivity index (χ2v) is 4.71.